The Bertz CT molecular complexity index is 812. The monoisotopic (exact) mass is 408 g/mol. The van der Waals surface area contributed by atoms with Gasteiger partial charge in [-0.2, -0.15) is 13.2 Å². The zero-order valence-corrected chi connectivity index (χ0v) is 16.1. The van der Waals surface area contributed by atoms with Crippen LogP contribution < -0.4 is 9.64 Å². The second-order valence-electron chi connectivity index (χ2n) is 6.76. The lowest BCUT2D eigenvalue weighted by Crippen LogP contribution is -2.38. The van der Waals surface area contributed by atoms with Gasteiger partial charge in [-0.3, -0.25) is 0 Å². The predicted molar refractivity (Wildman–Crippen MR) is 103 cm³/mol. The highest BCUT2D eigenvalue weighted by molar-refractivity contribution is 5.79. The summed E-state index contributed by atoms with van der Waals surface area (Å²) in [6, 6.07) is 9.89. The van der Waals surface area contributed by atoms with Gasteiger partial charge in [0.15, 0.2) is 11.5 Å². The summed E-state index contributed by atoms with van der Waals surface area (Å²) in [6.45, 7) is 4.27. The molecule has 0 N–H and O–H groups in total. The first-order valence-corrected chi connectivity index (χ1v) is 9.50. The van der Waals surface area contributed by atoms with E-state index in [1.807, 2.05) is 36.1 Å². The maximum atomic E-state index is 12.7. The fourth-order valence-electron chi connectivity index (χ4n) is 3.13. The van der Waals surface area contributed by atoms with E-state index in [0.717, 1.165) is 36.8 Å². The van der Waals surface area contributed by atoms with Crippen molar-refractivity contribution in [1.29, 1.82) is 0 Å². The molecule has 29 heavy (non-hydrogen) atoms. The molecule has 0 amide bonds. The molecule has 0 saturated carbocycles. The smallest absolute Gasteiger partial charge is 0.435 e. The number of oxime groups is 1. The maximum absolute atomic E-state index is 12.7. The Balaban J connectivity index is 1.55. The summed E-state index contributed by atoms with van der Waals surface area (Å²) in [5.74, 6) is 1.43. The highest BCUT2D eigenvalue weighted by Gasteiger charge is 2.33. The molecule has 0 bridgehead atoms. The number of aromatic nitrogens is 2. The summed E-state index contributed by atoms with van der Waals surface area (Å²) in [5, 5.41) is 10.9. The van der Waals surface area contributed by atoms with Crippen LogP contribution in [0.1, 0.15) is 31.0 Å². The summed E-state index contributed by atoms with van der Waals surface area (Å²) < 4.78 is 43.9. The highest BCUT2D eigenvalue weighted by Crippen LogP contribution is 2.28. The number of benzene rings is 1. The first-order valence-electron chi connectivity index (χ1n) is 9.50. The lowest BCUT2D eigenvalue weighted by atomic mass is 9.99. The number of hydrogen-bond donors (Lipinski definition) is 0. The van der Waals surface area contributed by atoms with Crippen LogP contribution in [0, 0.1) is 5.92 Å². The van der Waals surface area contributed by atoms with Crippen molar-refractivity contribution in [2.24, 2.45) is 11.1 Å². The van der Waals surface area contributed by atoms with Crippen LogP contribution in [0.3, 0.4) is 0 Å². The zero-order valence-electron chi connectivity index (χ0n) is 16.1. The fraction of sp³-hybridized carbons (Fsp3) is 0.450. The van der Waals surface area contributed by atoms with Gasteiger partial charge >= 0.3 is 6.18 Å². The minimum atomic E-state index is -4.48. The molecule has 1 aliphatic rings. The quantitative estimate of drug-likeness (QED) is 0.509. The van der Waals surface area contributed by atoms with E-state index in [-0.39, 0.29) is 5.92 Å². The number of halogens is 3. The van der Waals surface area contributed by atoms with Gasteiger partial charge in [0.1, 0.15) is 12.4 Å². The van der Waals surface area contributed by atoms with E-state index < -0.39 is 11.9 Å². The van der Waals surface area contributed by atoms with Crippen LogP contribution in [0.25, 0.3) is 0 Å². The molecular formula is C20H23F3N4O2. The van der Waals surface area contributed by atoms with Gasteiger partial charge in [0.05, 0.1) is 12.8 Å². The molecule has 1 aromatic heterocycles. The van der Waals surface area contributed by atoms with Gasteiger partial charge in [0, 0.05) is 19.0 Å². The fourth-order valence-corrected chi connectivity index (χ4v) is 3.13. The first kappa shape index (κ1) is 20.9. The molecule has 2 aromatic rings. The maximum Gasteiger partial charge on any atom is 0.435 e. The normalized spacial score (nSPS) is 17.5. The van der Waals surface area contributed by atoms with Crippen molar-refractivity contribution in [3.05, 3.63) is 47.7 Å². The SMILES string of the molecule is CCON=Cc1cccc(OCC2CCCN(c3ccc(C(F)(F)F)nn3)C2)c1. The summed E-state index contributed by atoms with van der Waals surface area (Å²) in [6.07, 6.45) is -0.957. The third-order valence-electron chi connectivity index (χ3n) is 4.53. The molecule has 1 saturated heterocycles. The second kappa shape index (κ2) is 9.58. The third-order valence-corrected chi connectivity index (χ3v) is 4.53. The Morgan fingerprint density at radius 2 is 2.10 bits per heavy atom. The van der Waals surface area contributed by atoms with E-state index in [9.17, 15) is 13.2 Å². The Hall–Kier alpha value is -2.84. The minimum absolute atomic E-state index is 0.244. The van der Waals surface area contributed by atoms with Gasteiger partial charge < -0.3 is 14.5 Å². The molecule has 3 rings (SSSR count). The predicted octanol–water partition coefficient (Wildman–Crippen LogP) is 4.16. The van der Waals surface area contributed by atoms with Gasteiger partial charge in [-0.25, -0.2) is 0 Å². The van der Waals surface area contributed by atoms with E-state index in [4.69, 9.17) is 9.57 Å². The Labute approximate surface area is 167 Å². The summed E-state index contributed by atoms with van der Waals surface area (Å²) in [7, 11) is 0. The van der Waals surface area contributed by atoms with E-state index in [0.29, 0.717) is 25.6 Å². The van der Waals surface area contributed by atoms with Crippen LogP contribution in [0.2, 0.25) is 0 Å². The standard InChI is InChI=1S/C20H23F3N4O2/c1-2-29-24-12-15-5-3-7-17(11-15)28-14-16-6-4-10-27(13-16)19-9-8-18(25-26-19)20(21,22)23/h3,5,7-9,11-12,16H,2,4,6,10,13-14H2,1H3. The third kappa shape index (κ3) is 6.07. The van der Waals surface area contributed by atoms with Crippen molar-refractivity contribution in [3.8, 4) is 5.75 Å². The van der Waals surface area contributed by atoms with Crippen molar-refractivity contribution < 1.29 is 22.7 Å². The number of ether oxygens (including phenoxy) is 1. The molecule has 156 valence electrons. The molecule has 9 heteroatoms. The van der Waals surface area contributed by atoms with Crippen molar-refractivity contribution >= 4 is 12.0 Å². The van der Waals surface area contributed by atoms with Crippen LogP contribution in [0.4, 0.5) is 19.0 Å². The topological polar surface area (TPSA) is 59.8 Å². The zero-order chi connectivity index (χ0) is 20.7. The Kier molecular flexibility index (Phi) is 6.90. The molecule has 6 nitrogen and oxygen atoms in total. The van der Waals surface area contributed by atoms with Crippen molar-refractivity contribution in [1.82, 2.24) is 10.2 Å². The van der Waals surface area contributed by atoms with Gasteiger partial charge in [0.2, 0.25) is 0 Å². The largest absolute Gasteiger partial charge is 0.493 e. The molecular weight excluding hydrogens is 385 g/mol. The molecule has 1 unspecified atom stereocenters. The van der Waals surface area contributed by atoms with Gasteiger partial charge in [0.25, 0.3) is 0 Å². The molecule has 0 aliphatic carbocycles. The molecule has 1 fully saturated rings. The molecule has 0 radical (unpaired) electrons. The van der Waals surface area contributed by atoms with E-state index in [1.165, 1.54) is 6.07 Å². The van der Waals surface area contributed by atoms with Crippen molar-refractivity contribution in [2.45, 2.75) is 25.9 Å². The average molecular weight is 408 g/mol. The summed E-state index contributed by atoms with van der Waals surface area (Å²) in [4.78, 5) is 6.92. The average Bonchev–Trinajstić information content (AvgIpc) is 2.72. The summed E-state index contributed by atoms with van der Waals surface area (Å²) in [5.41, 5.74) is -0.104. The molecule has 1 atom stereocenters. The molecule has 1 aliphatic heterocycles. The van der Waals surface area contributed by atoms with Crippen LogP contribution in [0.15, 0.2) is 41.6 Å². The van der Waals surface area contributed by atoms with Crippen LogP contribution in [-0.2, 0) is 11.0 Å². The van der Waals surface area contributed by atoms with Gasteiger partial charge in [-0.1, -0.05) is 17.3 Å². The summed E-state index contributed by atoms with van der Waals surface area (Å²) >= 11 is 0. The number of alkyl halides is 3. The van der Waals surface area contributed by atoms with Gasteiger partial charge in [-0.15, -0.1) is 10.2 Å². The van der Waals surface area contributed by atoms with E-state index >= 15 is 0 Å². The van der Waals surface area contributed by atoms with Crippen LogP contribution in [-0.4, -0.2) is 42.7 Å². The Morgan fingerprint density at radius 3 is 2.83 bits per heavy atom. The molecule has 1 aromatic carbocycles. The lowest BCUT2D eigenvalue weighted by Gasteiger charge is -2.33. The Morgan fingerprint density at radius 1 is 1.24 bits per heavy atom. The number of nitrogens with zero attached hydrogens (tertiary/aromatic N) is 4. The van der Waals surface area contributed by atoms with Crippen molar-refractivity contribution in [3.63, 3.8) is 0 Å². The number of anilines is 1. The molecule has 0 spiro atoms. The van der Waals surface area contributed by atoms with Crippen LogP contribution in [0.5, 0.6) is 5.75 Å². The van der Waals surface area contributed by atoms with Crippen molar-refractivity contribution in [2.75, 3.05) is 31.2 Å². The first-order chi connectivity index (χ1) is 14.0. The van der Waals surface area contributed by atoms with Gasteiger partial charge in [-0.05, 0) is 49.6 Å². The van der Waals surface area contributed by atoms with Crippen LogP contribution >= 0.6 is 0 Å². The van der Waals surface area contributed by atoms with E-state index in [1.54, 1.807) is 6.21 Å². The highest BCUT2D eigenvalue weighted by atomic mass is 19.4. The minimum Gasteiger partial charge on any atom is -0.493 e. The number of piperidine rings is 1. The number of rotatable bonds is 7. The second-order valence-corrected chi connectivity index (χ2v) is 6.76. The number of hydrogen-bond acceptors (Lipinski definition) is 6. The molecule has 2 heterocycles. The lowest BCUT2D eigenvalue weighted by molar-refractivity contribution is -0.141. The van der Waals surface area contributed by atoms with E-state index in [2.05, 4.69) is 15.4 Å².